The zero-order valence-corrected chi connectivity index (χ0v) is 10.00. The number of likely N-dealkylation sites (N-methyl/N-ethyl adjacent to an activating group) is 1. The fourth-order valence-electron chi connectivity index (χ4n) is 2.26. The highest BCUT2D eigenvalue weighted by Crippen LogP contribution is 2.40. The molecule has 1 unspecified atom stereocenters. The molecule has 1 atom stereocenters. The lowest BCUT2D eigenvalue weighted by Gasteiger charge is -2.46. The van der Waals surface area contributed by atoms with Crippen LogP contribution in [0.15, 0.2) is 18.3 Å². The van der Waals surface area contributed by atoms with E-state index >= 15 is 0 Å². The van der Waals surface area contributed by atoms with Crippen LogP contribution in [-0.4, -0.2) is 49.0 Å². The number of aromatic nitrogens is 1. The van der Waals surface area contributed by atoms with E-state index in [0.29, 0.717) is 24.8 Å². The van der Waals surface area contributed by atoms with Crippen LogP contribution in [-0.2, 0) is 9.53 Å². The lowest BCUT2D eigenvalue weighted by Crippen LogP contribution is -2.63. The molecule has 0 radical (unpaired) electrons. The minimum Gasteiger partial charge on any atom is -0.476 e. The Kier molecular flexibility index (Phi) is 2.49. The predicted octanol–water partition coefficient (Wildman–Crippen LogP) is -0.186. The second kappa shape index (κ2) is 3.93. The molecule has 0 aliphatic carbocycles. The number of amides is 1. The van der Waals surface area contributed by atoms with Gasteiger partial charge in [-0.2, -0.15) is 0 Å². The molecule has 2 aliphatic rings. The molecule has 1 fully saturated rings. The molecule has 0 spiro atoms. The van der Waals surface area contributed by atoms with Crippen molar-refractivity contribution in [1.29, 1.82) is 0 Å². The Bertz CT molecular complexity index is 481. The molecular weight excluding hydrogens is 236 g/mol. The van der Waals surface area contributed by atoms with Crippen LogP contribution in [0.1, 0.15) is 0 Å². The third-order valence-electron chi connectivity index (χ3n) is 3.52. The Labute approximate surface area is 104 Å². The summed E-state index contributed by atoms with van der Waals surface area (Å²) in [5.74, 6) is 0.870. The van der Waals surface area contributed by atoms with Gasteiger partial charge in [0.1, 0.15) is 0 Å². The lowest BCUT2D eigenvalue weighted by atomic mass is 9.79. The first-order valence-electron chi connectivity index (χ1n) is 5.76. The van der Waals surface area contributed by atoms with E-state index in [1.807, 2.05) is 0 Å². The van der Waals surface area contributed by atoms with Gasteiger partial charge in [-0.25, -0.2) is 4.98 Å². The van der Waals surface area contributed by atoms with E-state index in [4.69, 9.17) is 9.47 Å². The molecule has 3 rings (SSSR count). The summed E-state index contributed by atoms with van der Waals surface area (Å²) < 4.78 is 10.8. The van der Waals surface area contributed by atoms with Gasteiger partial charge in [0, 0.05) is 13.2 Å². The van der Waals surface area contributed by atoms with E-state index in [0.717, 1.165) is 0 Å². The van der Waals surface area contributed by atoms with Crippen molar-refractivity contribution < 1.29 is 19.4 Å². The van der Waals surface area contributed by atoms with Gasteiger partial charge in [-0.05, 0) is 12.1 Å². The van der Waals surface area contributed by atoms with Gasteiger partial charge in [-0.15, -0.1) is 0 Å². The van der Waals surface area contributed by atoms with Gasteiger partial charge in [0.25, 0.3) is 5.91 Å². The Morgan fingerprint density at radius 1 is 1.61 bits per heavy atom. The molecule has 3 heterocycles. The number of pyridine rings is 1. The van der Waals surface area contributed by atoms with Crippen molar-refractivity contribution in [3.05, 3.63) is 18.3 Å². The summed E-state index contributed by atoms with van der Waals surface area (Å²) in [6.07, 6.45) is 0.901. The molecule has 1 N–H and O–H groups in total. The zero-order valence-electron chi connectivity index (χ0n) is 10.00. The van der Waals surface area contributed by atoms with Gasteiger partial charge < -0.3 is 14.6 Å². The number of ether oxygens (including phenoxy) is 2. The van der Waals surface area contributed by atoms with Crippen molar-refractivity contribution >= 4 is 11.7 Å². The van der Waals surface area contributed by atoms with Crippen LogP contribution in [0.4, 0.5) is 5.82 Å². The van der Waals surface area contributed by atoms with E-state index in [-0.39, 0.29) is 12.5 Å². The fraction of sp³-hybridized carbons (Fsp3) is 0.500. The second-order valence-electron chi connectivity index (χ2n) is 4.73. The maximum atomic E-state index is 12.3. The van der Waals surface area contributed by atoms with Crippen molar-refractivity contribution in [3.63, 3.8) is 0 Å². The highest BCUT2D eigenvalue weighted by atomic mass is 16.5. The number of aliphatic hydroxyl groups excluding tert-OH is 1. The van der Waals surface area contributed by atoms with Crippen LogP contribution in [0, 0.1) is 5.41 Å². The smallest absolute Gasteiger partial charge is 0.269 e. The van der Waals surface area contributed by atoms with Gasteiger partial charge in [0.05, 0.1) is 25.2 Å². The largest absolute Gasteiger partial charge is 0.476 e. The maximum absolute atomic E-state index is 12.3. The van der Waals surface area contributed by atoms with E-state index in [9.17, 15) is 9.90 Å². The second-order valence-corrected chi connectivity index (χ2v) is 4.73. The van der Waals surface area contributed by atoms with Gasteiger partial charge in [0.15, 0.2) is 17.7 Å². The highest BCUT2D eigenvalue weighted by Gasteiger charge is 2.53. The highest BCUT2D eigenvalue weighted by molar-refractivity contribution is 5.99. The minimum absolute atomic E-state index is 0.132. The van der Waals surface area contributed by atoms with Crippen LogP contribution in [0.3, 0.4) is 0 Å². The summed E-state index contributed by atoms with van der Waals surface area (Å²) >= 11 is 0. The molecule has 96 valence electrons. The first-order chi connectivity index (χ1) is 8.68. The van der Waals surface area contributed by atoms with Crippen molar-refractivity contribution in [2.75, 3.05) is 31.8 Å². The summed E-state index contributed by atoms with van der Waals surface area (Å²) in [6, 6.07) is 3.52. The standard InChI is InChI=1S/C12H14N2O4/c1-14-10-8(3-2-4-13-10)18-9(11(14)16)12(5-15)6-17-7-12/h2-4,9,15H,5-7H2,1H3. The molecule has 2 aliphatic heterocycles. The van der Waals surface area contributed by atoms with Crippen LogP contribution in [0.2, 0.25) is 0 Å². The minimum atomic E-state index is -0.710. The van der Waals surface area contributed by atoms with Crippen molar-refractivity contribution in [1.82, 2.24) is 4.98 Å². The van der Waals surface area contributed by atoms with E-state index in [1.54, 1.807) is 25.4 Å². The quantitative estimate of drug-likeness (QED) is 0.788. The Morgan fingerprint density at radius 3 is 3.00 bits per heavy atom. The number of nitrogens with zero attached hydrogens (tertiary/aromatic N) is 2. The molecular formula is C12H14N2O4. The van der Waals surface area contributed by atoms with Crippen molar-refractivity contribution in [2.45, 2.75) is 6.10 Å². The van der Waals surface area contributed by atoms with Crippen molar-refractivity contribution in [3.8, 4) is 5.75 Å². The number of aliphatic hydroxyl groups is 1. The molecule has 0 saturated carbocycles. The topological polar surface area (TPSA) is 71.9 Å². The SMILES string of the molecule is CN1C(=O)C(C2(CO)COC2)Oc2cccnc21. The molecule has 6 heteroatoms. The Balaban J connectivity index is 1.98. The predicted molar refractivity (Wildman–Crippen MR) is 62.4 cm³/mol. The van der Waals surface area contributed by atoms with Crippen molar-refractivity contribution in [2.24, 2.45) is 5.41 Å². The molecule has 1 saturated heterocycles. The number of hydrogen-bond donors (Lipinski definition) is 1. The molecule has 18 heavy (non-hydrogen) atoms. The first kappa shape index (κ1) is 11.4. The van der Waals surface area contributed by atoms with Crippen LogP contribution < -0.4 is 9.64 Å². The van der Waals surface area contributed by atoms with Crippen LogP contribution >= 0.6 is 0 Å². The van der Waals surface area contributed by atoms with Gasteiger partial charge in [-0.3, -0.25) is 9.69 Å². The third kappa shape index (κ3) is 1.42. The number of fused-ring (bicyclic) bond motifs is 1. The number of anilines is 1. The van der Waals surface area contributed by atoms with E-state index in [2.05, 4.69) is 4.98 Å². The first-order valence-corrected chi connectivity index (χ1v) is 5.76. The van der Waals surface area contributed by atoms with E-state index < -0.39 is 11.5 Å². The monoisotopic (exact) mass is 250 g/mol. The van der Waals surface area contributed by atoms with E-state index in [1.165, 1.54) is 4.90 Å². The average Bonchev–Trinajstić information content (AvgIpc) is 2.35. The summed E-state index contributed by atoms with van der Waals surface area (Å²) in [6.45, 7) is 0.541. The number of carbonyl (C=O) groups is 1. The molecule has 0 bridgehead atoms. The summed E-state index contributed by atoms with van der Waals surface area (Å²) in [4.78, 5) is 17.9. The number of carbonyl (C=O) groups excluding carboxylic acids is 1. The summed E-state index contributed by atoms with van der Waals surface area (Å²) in [5.41, 5.74) is -0.626. The number of rotatable bonds is 2. The molecule has 1 aromatic heterocycles. The lowest BCUT2D eigenvalue weighted by molar-refractivity contribution is -0.189. The molecule has 1 amide bonds. The van der Waals surface area contributed by atoms with Gasteiger partial charge in [-0.1, -0.05) is 0 Å². The van der Waals surface area contributed by atoms with Crippen LogP contribution in [0.25, 0.3) is 0 Å². The Morgan fingerprint density at radius 2 is 2.39 bits per heavy atom. The zero-order chi connectivity index (χ0) is 12.8. The normalized spacial score (nSPS) is 25.1. The van der Waals surface area contributed by atoms with Crippen LogP contribution in [0.5, 0.6) is 5.75 Å². The third-order valence-corrected chi connectivity index (χ3v) is 3.52. The molecule has 1 aromatic rings. The fourth-order valence-corrected chi connectivity index (χ4v) is 2.26. The number of hydrogen-bond acceptors (Lipinski definition) is 5. The maximum Gasteiger partial charge on any atom is 0.269 e. The Hall–Kier alpha value is -1.66. The van der Waals surface area contributed by atoms with Gasteiger partial charge >= 0.3 is 0 Å². The average molecular weight is 250 g/mol. The molecule has 6 nitrogen and oxygen atoms in total. The molecule has 0 aromatic carbocycles. The summed E-state index contributed by atoms with van der Waals surface area (Å²) in [5, 5.41) is 9.49. The van der Waals surface area contributed by atoms with Gasteiger partial charge in [0.2, 0.25) is 0 Å². The summed E-state index contributed by atoms with van der Waals surface area (Å²) in [7, 11) is 1.66.